The molecule has 1 atom stereocenters. The third-order valence-electron chi connectivity index (χ3n) is 2.55. The Bertz CT molecular complexity index is 391. The fourth-order valence-electron chi connectivity index (χ4n) is 2.05. The molecule has 0 aliphatic carbocycles. The van der Waals surface area contributed by atoms with Gasteiger partial charge in [-0.1, -0.05) is 13.8 Å². The van der Waals surface area contributed by atoms with Gasteiger partial charge in [-0.25, -0.2) is 0 Å². The van der Waals surface area contributed by atoms with E-state index in [9.17, 15) is 4.79 Å². The van der Waals surface area contributed by atoms with E-state index in [1.54, 1.807) is 0 Å². The fraction of sp³-hybridized carbons (Fsp3) is 0.944. The molecule has 0 aromatic carbocycles. The van der Waals surface area contributed by atoms with Crippen molar-refractivity contribution in [3.8, 4) is 0 Å². The van der Waals surface area contributed by atoms with Crippen molar-refractivity contribution in [1.29, 1.82) is 0 Å². The maximum Gasteiger partial charge on any atom is 0.752 e. The first-order valence-corrected chi connectivity index (χ1v) is 10.6. The zero-order valence-corrected chi connectivity index (χ0v) is 19.0. The molecule has 0 spiro atoms. The summed E-state index contributed by atoms with van der Waals surface area (Å²) >= 11 is 0. The quantitative estimate of drug-likeness (QED) is 0.680. The SMILES string of the molecule is CC(C)C[C@H](N)C(=O)O[Si](OC(C)(C)C)(OC(C)(C)C)OC(C)(C)C. The van der Waals surface area contributed by atoms with Crippen LogP contribution in [0.3, 0.4) is 0 Å². The molecule has 2 N–H and O–H groups in total. The zero-order valence-electron chi connectivity index (χ0n) is 18.0. The highest BCUT2D eigenvalue weighted by Gasteiger charge is 2.58. The van der Waals surface area contributed by atoms with Crippen molar-refractivity contribution in [3.63, 3.8) is 0 Å². The molecule has 0 saturated heterocycles. The van der Waals surface area contributed by atoms with Crippen molar-refractivity contribution in [2.75, 3.05) is 0 Å². The molecule has 0 saturated carbocycles. The molecule has 0 fully saturated rings. The molecule has 0 aromatic heterocycles. The third kappa shape index (κ3) is 11.7. The van der Waals surface area contributed by atoms with E-state index < -0.39 is 37.9 Å². The Morgan fingerprint density at radius 2 is 1.16 bits per heavy atom. The molecule has 0 unspecified atom stereocenters. The normalized spacial score (nSPS) is 15.4. The molecule has 0 aromatic rings. The molecular formula is C18H39NO5Si. The van der Waals surface area contributed by atoms with Crippen LogP contribution in [0.25, 0.3) is 0 Å². The van der Waals surface area contributed by atoms with Crippen molar-refractivity contribution in [2.45, 2.75) is 105 Å². The van der Waals surface area contributed by atoms with Gasteiger partial charge in [0.25, 0.3) is 0 Å². The van der Waals surface area contributed by atoms with Gasteiger partial charge in [-0.15, -0.1) is 0 Å². The summed E-state index contributed by atoms with van der Waals surface area (Å²) in [6.07, 6.45) is 0.518. The molecule has 25 heavy (non-hydrogen) atoms. The molecule has 150 valence electrons. The lowest BCUT2D eigenvalue weighted by Crippen LogP contribution is -2.61. The van der Waals surface area contributed by atoms with Gasteiger partial charge < -0.3 is 23.4 Å². The van der Waals surface area contributed by atoms with Crippen molar-refractivity contribution >= 4 is 15.0 Å². The second-order valence-corrected chi connectivity index (χ2v) is 11.6. The second-order valence-electron chi connectivity index (χ2n) is 9.80. The van der Waals surface area contributed by atoms with Gasteiger partial charge in [0.1, 0.15) is 6.04 Å². The average Bonchev–Trinajstić information content (AvgIpc) is 2.18. The third-order valence-corrected chi connectivity index (χ3v) is 5.59. The molecule has 0 heterocycles. The minimum absolute atomic E-state index is 0.272. The van der Waals surface area contributed by atoms with Crippen LogP contribution >= 0.6 is 0 Å². The number of hydrogen-bond donors (Lipinski definition) is 1. The fourth-order valence-corrected chi connectivity index (χ4v) is 4.95. The molecule has 0 rings (SSSR count). The first kappa shape index (κ1) is 24.5. The maximum absolute atomic E-state index is 12.6. The van der Waals surface area contributed by atoms with Crippen LogP contribution in [0.5, 0.6) is 0 Å². The lowest BCUT2D eigenvalue weighted by atomic mass is 10.1. The molecule has 0 amide bonds. The van der Waals surface area contributed by atoms with Crippen molar-refractivity contribution in [2.24, 2.45) is 11.7 Å². The Balaban J connectivity index is 5.76. The highest BCUT2D eigenvalue weighted by molar-refractivity contribution is 6.56. The number of hydrogen-bond acceptors (Lipinski definition) is 6. The van der Waals surface area contributed by atoms with Gasteiger partial charge in [-0.3, -0.25) is 4.79 Å². The topological polar surface area (TPSA) is 80.0 Å². The van der Waals surface area contributed by atoms with E-state index in [0.717, 1.165) is 0 Å². The first-order chi connectivity index (χ1) is 10.8. The van der Waals surface area contributed by atoms with Gasteiger partial charge in [0.15, 0.2) is 0 Å². The van der Waals surface area contributed by atoms with E-state index in [0.29, 0.717) is 6.42 Å². The van der Waals surface area contributed by atoms with Crippen molar-refractivity contribution in [3.05, 3.63) is 0 Å². The van der Waals surface area contributed by atoms with E-state index in [1.807, 2.05) is 76.2 Å². The predicted molar refractivity (Wildman–Crippen MR) is 102 cm³/mol. The van der Waals surface area contributed by atoms with Crippen molar-refractivity contribution < 1.29 is 22.5 Å². The summed E-state index contributed by atoms with van der Waals surface area (Å²) in [5, 5.41) is 0. The Labute approximate surface area is 155 Å². The minimum atomic E-state index is -3.81. The summed E-state index contributed by atoms with van der Waals surface area (Å²) in [5.74, 6) is -0.285. The first-order valence-electron chi connectivity index (χ1n) is 8.93. The van der Waals surface area contributed by atoms with E-state index in [4.69, 9.17) is 23.4 Å². The highest BCUT2D eigenvalue weighted by Crippen LogP contribution is 2.30. The van der Waals surface area contributed by atoms with Gasteiger partial charge >= 0.3 is 15.0 Å². The van der Waals surface area contributed by atoms with Gasteiger partial charge in [-0.2, -0.15) is 0 Å². The average molecular weight is 378 g/mol. The molecule has 0 aliphatic rings. The van der Waals surface area contributed by atoms with Crippen LogP contribution in [0.1, 0.15) is 82.6 Å². The van der Waals surface area contributed by atoms with E-state index in [1.165, 1.54) is 0 Å². The minimum Gasteiger partial charge on any atom is -0.451 e. The van der Waals surface area contributed by atoms with Crippen LogP contribution in [0.15, 0.2) is 0 Å². The molecule has 7 heteroatoms. The largest absolute Gasteiger partial charge is 0.752 e. The number of nitrogens with two attached hydrogens (primary N) is 1. The highest BCUT2D eigenvalue weighted by atomic mass is 28.4. The van der Waals surface area contributed by atoms with Gasteiger partial charge in [0.05, 0.1) is 16.8 Å². The maximum atomic E-state index is 12.6. The summed E-state index contributed by atoms with van der Waals surface area (Å²) in [5.41, 5.74) is 4.14. The van der Waals surface area contributed by atoms with Crippen LogP contribution in [0.4, 0.5) is 0 Å². The molecular weight excluding hydrogens is 338 g/mol. The Morgan fingerprint density at radius 1 is 0.840 bits per heavy atom. The van der Waals surface area contributed by atoms with Crippen LogP contribution in [0.2, 0.25) is 0 Å². The van der Waals surface area contributed by atoms with Crippen molar-refractivity contribution in [1.82, 2.24) is 0 Å². The monoisotopic (exact) mass is 377 g/mol. The van der Waals surface area contributed by atoms with Crippen LogP contribution in [0, 0.1) is 5.92 Å². The number of carbonyl (C=O) groups is 1. The summed E-state index contributed by atoms with van der Waals surface area (Å²) < 4.78 is 24.0. The van der Waals surface area contributed by atoms with Gasteiger partial charge in [-0.05, 0) is 74.7 Å². The lowest BCUT2D eigenvalue weighted by Gasteiger charge is -2.40. The molecule has 0 aliphatic heterocycles. The van der Waals surface area contributed by atoms with Crippen LogP contribution < -0.4 is 5.73 Å². The van der Waals surface area contributed by atoms with E-state index in [-0.39, 0.29) is 5.92 Å². The predicted octanol–water partition coefficient (Wildman–Crippen LogP) is 3.78. The molecule has 0 bridgehead atoms. The standard InChI is InChI=1S/C18H39NO5Si/c1-13(2)12-14(19)15(20)21-25(22-16(3,4)5,23-17(6,7)8)24-18(9,10)11/h13-14H,12,19H2,1-11H3/t14-/m0/s1. The Kier molecular flexibility index (Phi) is 8.32. The Morgan fingerprint density at radius 3 is 1.40 bits per heavy atom. The van der Waals surface area contributed by atoms with Crippen LogP contribution in [-0.4, -0.2) is 37.9 Å². The smallest absolute Gasteiger partial charge is 0.451 e. The second kappa shape index (κ2) is 8.48. The zero-order chi connectivity index (χ0) is 20.3. The molecule has 6 nitrogen and oxygen atoms in total. The number of carbonyl (C=O) groups excluding carboxylic acids is 1. The molecule has 0 radical (unpaired) electrons. The Hall–Kier alpha value is -0.473. The summed E-state index contributed by atoms with van der Waals surface area (Å²) in [6, 6.07) is -0.748. The van der Waals surface area contributed by atoms with Crippen LogP contribution in [-0.2, 0) is 22.5 Å². The lowest BCUT2D eigenvalue weighted by molar-refractivity contribution is -0.163. The number of rotatable bonds is 7. The summed E-state index contributed by atoms with van der Waals surface area (Å²) in [7, 11) is -3.81. The van der Waals surface area contributed by atoms with E-state index in [2.05, 4.69) is 0 Å². The summed E-state index contributed by atoms with van der Waals surface area (Å²) in [4.78, 5) is 12.6. The van der Waals surface area contributed by atoms with Gasteiger partial charge in [0, 0.05) is 0 Å². The van der Waals surface area contributed by atoms with E-state index >= 15 is 0 Å². The van der Waals surface area contributed by atoms with Gasteiger partial charge in [0.2, 0.25) is 0 Å². The summed E-state index contributed by atoms with van der Waals surface area (Å²) in [6.45, 7) is 20.8.